The first-order valence-electron chi connectivity index (χ1n) is 6.46. The number of hydrogen-bond donors (Lipinski definition) is 1. The molecule has 1 aromatic rings. The van der Waals surface area contributed by atoms with E-state index in [-0.39, 0.29) is 10.6 Å². The maximum Gasteiger partial charge on any atom is 0.292 e. The lowest BCUT2D eigenvalue weighted by atomic mass is 10.1. The van der Waals surface area contributed by atoms with Gasteiger partial charge in [0.05, 0.1) is 4.92 Å². The van der Waals surface area contributed by atoms with Gasteiger partial charge in [0.1, 0.15) is 5.69 Å². The molecular weight excluding hydrogens is 262 g/mol. The highest BCUT2D eigenvalue weighted by molar-refractivity contribution is 7.99. The van der Waals surface area contributed by atoms with E-state index in [1.54, 1.807) is 19.2 Å². The predicted octanol–water partition coefficient (Wildman–Crippen LogP) is 2.58. The van der Waals surface area contributed by atoms with E-state index in [0.717, 1.165) is 31.0 Å². The molecular formula is C13H19N3O2S. The zero-order valence-corrected chi connectivity index (χ0v) is 11.9. The number of nitrogens with one attached hydrogen (secondary N) is 1. The van der Waals surface area contributed by atoms with Gasteiger partial charge in [-0.1, -0.05) is 6.07 Å². The van der Waals surface area contributed by atoms with E-state index in [1.165, 1.54) is 12.2 Å². The molecule has 1 heterocycles. The molecule has 1 saturated heterocycles. The number of anilines is 1. The molecule has 0 saturated carbocycles. The minimum atomic E-state index is -0.326. The van der Waals surface area contributed by atoms with Crippen LogP contribution in [-0.4, -0.2) is 41.5 Å². The highest BCUT2D eigenvalue weighted by Gasteiger charge is 2.15. The molecule has 1 N–H and O–H groups in total. The fourth-order valence-corrected chi connectivity index (χ4v) is 3.18. The van der Waals surface area contributed by atoms with Crippen molar-refractivity contribution >= 4 is 23.1 Å². The molecule has 6 heteroatoms. The summed E-state index contributed by atoms with van der Waals surface area (Å²) >= 11 is 1.98. The third-order valence-electron chi connectivity index (χ3n) is 3.25. The largest absolute Gasteiger partial charge is 0.383 e. The quantitative estimate of drug-likeness (QED) is 0.679. The lowest BCUT2D eigenvalue weighted by Gasteiger charge is -2.19. The Morgan fingerprint density at radius 2 is 2.26 bits per heavy atom. The van der Waals surface area contributed by atoms with Gasteiger partial charge < -0.3 is 5.32 Å². The Balaban J connectivity index is 2.11. The van der Waals surface area contributed by atoms with Crippen LogP contribution in [0.1, 0.15) is 12.0 Å². The topological polar surface area (TPSA) is 58.4 Å². The monoisotopic (exact) mass is 281 g/mol. The third-order valence-corrected chi connectivity index (χ3v) is 4.30. The summed E-state index contributed by atoms with van der Waals surface area (Å²) in [6.07, 6.45) is 1.20. The Kier molecular flexibility index (Phi) is 5.04. The van der Waals surface area contributed by atoms with Gasteiger partial charge in [-0.3, -0.25) is 15.0 Å². The molecule has 0 unspecified atom stereocenters. The average Bonchev–Trinajstić information content (AvgIpc) is 2.67. The summed E-state index contributed by atoms with van der Waals surface area (Å²) < 4.78 is 0. The number of nitro groups is 1. The molecule has 19 heavy (non-hydrogen) atoms. The zero-order chi connectivity index (χ0) is 13.7. The molecule has 0 spiro atoms. The summed E-state index contributed by atoms with van der Waals surface area (Å²) in [7, 11) is 1.70. The van der Waals surface area contributed by atoms with Crippen molar-refractivity contribution in [1.82, 2.24) is 4.90 Å². The zero-order valence-electron chi connectivity index (χ0n) is 11.1. The Bertz CT molecular complexity index is 446. The van der Waals surface area contributed by atoms with Crippen molar-refractivity contribution in [2.24, 2.45) is 0 Å². The fourth-order valence-electron chi connectivity index (χ4n) is 2.25. The van der Waals surface area contributed by atoms with E-state index in [9.17, 15) is 10.1 Å². The Hall–Kier alpha value is -1.27. The summed E-state index contributed by atoms with van der Waals surface area (Å²) in [5.41, 5.74) is 1.74. The van der Waals surface area contributed by atoms with E-state index >= 15 is 0 Å². The van der Waals surface area contributed by atoms with Crippen LogP contribution >= 0.6 is 11.8 Å². The minimum Gasteiger partial charge on any atom is -0.383 e. The van der Waals surface area contributed by atoms with Crippen molar-refractivity contribution in [2.75, 3.05) is 37.0 Å². The van der Waals surface area contributed by atoms with Gasteiger partial charge in [0, 0.05) is 32.0 Å². The second-order valence-electron chi connectivity index (χ2n) is 4.60. The molecule has 0 atom stereocenters. The maximum atomic E-state index is 11.0. The van der Waals surface area contributed by atoms with Crippen LogP contribution in [0.4, 0.5) is 11.4 Å². The molecule has 1 aliphatic heterocycles. The summed E-state index contributed by atoms with van der Waals surface area (Å²) in [6.45, 7) is 2.94. The minimum absolute atomic E-state index is 0.157. The molecule has 0 aromatic heterocycles. The Labute approximate surface area is 117 Å². The van der Waals surface area contributed by atoms with Crippen molar-refractivity contribution < 1.29 is 4.92 Å². The van der Waals surface area contributed by atoms with Gasteiger partial charge in [-0.15, -0.1) is 0 Å². The van der Waals surface area contributed by atoms with Crippen LogP contribution < -0.4 is 5.32 Å². The molecule has 5 nitrogen and oxygen atoms in total. The van der Waals surface area contributed by atoms with Crippen LogP contribution in [0.2, 0.25) is 0 Å². The highest BCUT2D eigenvalue weighted by Crippen LogP contribution is 2.26. The van der Waals surface area contributed by atoms with Gasteiger partial charge in [-0.05, 0) is 30.3 Å². The van der Waals surface area contributed by atoms with Crippen LogP contribution in [0.25, 0.3) is 0 Å². The van der Waals surface area contributed by atoms with Crippen LogP contribution in [0.3, 0.4) is 0 Å². The van der Waals surface area contributed by atoms with E-state index < -0.39 is 0 Å². The number of thioether (sulfide) groups is 1. The van der Waals surface area contributed by atoms with Crippen molar-refractivity contribution in [2.45, 2.75) is 13.0 Å². The van der Waals surface area contributed by atoms with Gasteiger partial charge in [-0.25, -0.2) is 0 Å². The lowest BCUT2D eigenvalue weighted by molar-refractivity contribution is -0.384. The number of rotatable bonds is 4. The summed E-state index contributed by atoms with van der Waals surface area (Å²) in [5, 5.41) is 13.9. The lowest BCUT2D eigenvalue weighted by Crippen LogP contribution is -2.25. The number of nitrogens with zero attached hydrogens (tertiary/aromatic N) is 2. The summed E-state index contributed by atoms with van der Waals surface area (Å²) in [5.74, 6) is 2.37. The normalized spacial score (nSPS) is 16.9. The van der Waals surface area contributed by atoms with Crippen molar-refractivity contribution in [3.8, 4) is 0 Å². The average molecular weight is 281 g/mol. The van der Waals surface area contributed by atoms with Crippen LogP contribution in [0, 0.1) is 10.1 Å². The van der Waals surface area contributed by atoms with Crippen molar-refractivity contribution in [3.63, 3.8) is 0 Å². The van der Waals surface area contributed by atoms with E-state index in [4.69, 9.17) is 0 Å². The second kappa shape index (κ2) is 6.77. The molecule has 1 aromatic carbocycles. The first-order valence-corrected chi connectivity index (χ1v) is 7.61. The molecule has 1 fully saturated rings. The smallest absolute Gasteiger partial charge is 0.292 e. The van der Waals surface area contributed by atoms with Crippen LogP contribution in [-0.2, 0) is 6.54 Å². The third kappa shape index (κ3) is 3.84. The Morgan fingerprint density at radius 3 is 3.00 bits per heavy atom. The molecule has 104 valence electrons. The van der Waals surface area contributed by atoms with Crippen molar-refractivity contribution in [3.05, 3.63) is 33.9 Å². The van der Waals surface area contributed by atoms with Gasteiger partial charge in [0.2, 0.25) is 0 Å². The molecule has 0 radical (unpaired) electrons. The summed E-state index contributed by atoms with van der Waals surface area (Å²) in [6, 6.07) is 5.45. The summed E-state index contributed by atoms with van der Waals surface area (Å²) in [4.78, 5) is 13.1. The Morgan fingerprint density at radius 1 is 1.42 bits per heavy atom. The molecule has 1 aliphatic rings. The first-order chi connectivity index (χ1) is 9.20. The number of benzene rings is 1. The number of nitro benzene ring substituents is 1. The standard InChI is InChI=1S/C13H19N3O2S/c1-14-12-4-3-11(9-13(12)16(17)18)10-15-5-2-7-19-8-6-15/h3-4,9,14H,2,5-8,10H2,1H3. The van der Waals surface area contributed by atoms with Gasteiger partial charge in [0.25, 0.3) is 5.69 Å². The first kappa shape index (κ1) is 14.1. The van der Waals surface area contributed by atoms with Crippen LogP contribution in [0.15, 0.2) is 18.2 Å². The van der Waals surface area contributed by atoms with Gasteiger partial charge >= 0.3 is 0 Å². The predicted molar refractivity (Wildman–Crippen MR) is 79.9 cm³/mol. The molecule has 0 amide bonds. The van der Waals surface area contributed by atoms with E-state index in [2.05, 4.69) is 10.2 Å². The molecule has 0 aliphatic carbocycles. The SMILES string of the molecule is CNc1ccc(CN2CCCSCC2)cc1[N+](=O)[O-]. The molecule has 2 rings (SSSR count). The number of hydrogen-bond acceptors (Lipinski definition) is 5. The maximum absolute atomic E-state index is 11.0. The molecule has 0 bridgehead atoms. The van der Waals surface area contributed by atoms with Crippen molar-refractivity contribution in [1.29, 1.82) is 0 Å². The second-order valence-corrected chi connectivity index (χ2v) is 5.83. The van der Waals surface area contributed by atoms with Crippen LogP contribution in [0.5, 0.6) is 0 Å². The van der Waals surface area contributed by atoms with E-state index in [0.29, 0.717) is 5.69 Å². The highest BCUT2D eigenvalue weighted by atomic mass is 32.2. The van der Waals surface area contributed by atoms with E-state index in [1.807, 2.05) is 17.8 Å². The van der Waals surface area contributed by atoms with Gasteiger partial charge in [0.15, 0.2) is 0 Å². The van der Waals surface area contributed by atoms with Gasteiger partial charge in [-0.2, -0.15) is 11.8 Å². The fraction of sp³-hybridized carbons (Fsp3) is 0.538.